The van der Waals surface area contributed by atoms with Crippen molar-refractivity contribution in [1.29, 1.82) is 0 Å². The average molecular weight is 312 g/mol. The van der Waals surface area contributed by atoms with Gasteiger partial charge in [0, 0.05) is 36.3 Å². The number of anilines is 1. The molecule has 0 unspecified atom stereocenters. The normalized spacial score (nSPS) is 13.3. The highest BCUT2D eigenvalue weighted by molar-refractivity contribution is 5.92. The highest BCUT2D eigenvalue weighted by Gasteiger charge is 2.22. The summed E-state index contributed by atoms with van der Waals surface area (Å²) in [7, 11) is 1.33. The number of amides is 2. The predicted molar refractivity (Wildman–Crippen MR) is 84.1 cm³/mol. The van der Waals surface area contributed by atoms with E-state index < -0.39 is 12.0 Å². The summed E-state index contributed by atoms with van der Waals surface area (Å²) in [5, 5.41) is 0. The highest BCUT2D eigenvalue weighted by atomic mass is 16.5. The van der Waals surface area contributed by atoms with E-state index in [9.17, 15) is 9.59 Å². The second-order valence-corrected chi connectivity index (χ2v) is 5.25. The molecule has 0 radical (unpaired) electrons. The van der Waals surface area contributed by atoms with Crippen LogP contribution in [0.3, 0.4) is 0 Å². The number of fused-ring (bicyclic) bond motifs is 1. The van der Waals surface area contributed by atoms with E-state index in [2.05, 4.69) is 9.97 Å². The van der Waals surface area contributed by atoms with Crippen LogP contribution < -0.4 is 10.6 Å². The van der Waals surface area contributed by atoms with Crippen molar-refractivity contribution in [2.75, 3.05) is 18.6 Å². The zero-order valence-electron chi connectivity index (χ0n) is 12.7. The first-order valence-corrected chi connectivity index (χ1v) is 7.20. The van der Waals surface area contributed by atoms with Gasteiger partial charge in [-0.05, 0) is 30.5 Å². The van der Waals surface area contributed by atoms with Gasteiger partial charge in [0.2, 0.25) is 0 Å². The summed E-state index contributed by atoms with van der Waals surface area (Å²) in [5.41, 5.74) is 8.31. The minimum Gasteiger partial charge on any atom is -0.465 e. The monoisotopic (exact) mass is 312 g/mol. The molecule has 0 aliphatic carbocycles. The van der Waals surface area contributed by atoms with Gasteiger partial charge in [0.1, 0.15) is 5.82 Å². The third-order valence-electron chi connectivity index (χ3n) is 3.79. The molecular formula is C16H16N4O3. The van der Waals surface area contributed by atoms with Crippen LogP contribution in [0.15, 0.2) is 30.7 Å². The molecular weight excluding hydrogens is 296 g/mol. The number of rotatable bonds is 2. The molecule has 2 aromatic heterocycles. The van der Waals surface area contributed by atoms with Crippen LogP contribution in [0, 0.1) is 0 Å². The number of pyridine rings is 2. The molecule has 7 heteroatoms. The second kappa shape index (κ2) is 6.04. The lowest BCUT2D eigenvalue weighted by Gasteiger charge is -2.26. The first-order valence-electron chi connectivity index (χ1n) is 7.20. The van der Waals surface area contributed by atoms with Crippen molar-refractivity contribution in [2.45, 2.75) is 12.8 Å². The molecule has 0 bridgehead atoms. The molecule has 7 nitrogen and oxygen atoms in total. The zero-order valence-corrected chi connectivity index (χ0v) is 12.7. The second-order valence-electron chi connectivity index (χ2n) is 5.25. The van der Waals surface area contributed by atoms with Crippen molar-refractivity contribution in [2.24, 2.45) is 5.73 Å². The number of primary amides is 1. The van der Waals surface area contributed by atoms with Crippen LogP contribution in [0.25, 0.3) is 11.1 Å². The van der Waals surface area contributed by atoms with Gasteiger partial charge in [-0.3, -0.25) is 9.88 Å². The molecule has 2 aromatic rings. The van der Waals surface area contributed by atoms with Crippen LogP contribution in [-0.2, 0) is 11.2 Å². The summed E-state index contributed by atoms with van der Waals surface area (Å²) in [4.78, 5) is 33.0. The Hall–Kier alpha value is -2.96. The first-order chi connectivity index (χ1) is 11.1. The molecule has 0 saturated carbocycles. The SMILES string of the molecule is COC(=O)c1cncc(-c2cnc3c(c2)CCCN3C(N)=O)c1. The van der Waals surface area contributed by atoms with E-state index in [4.69, 9.17) is 10.5 Å². The van der Waals surface area contributed by atoms with Gasteiger partial charge in [-0.2, -0.15) is 0 Å². The van der Waals surface area contributed by atoms with Crippen LogP contribution >= 0.6 is 0 Å². The number of urea groups is 1. The minimum absolute atomic E-state index is 0.376. The lowest BCUT2D eigenvalue weighted by Crippen LogP contribution is -2.40. The average Bonchev–Trinajstić information content (AvgIpc) is 2.60. The van der Waals surface area contributed by atoms with Gasteiger partial charge >= 0.3 is 12.0 Å². The standard InChI is InChI=1S/C16H16N4O3/c1-23-15(21)13-6-11(7-18-8-13)12-5-10-3-2-4-20(16(17)22)14(10)19-9-12/h5-9H,2-4H2,1H3,(H2,17,22). The molecule has 3 rings (SSSR count). The summed E-state index contributed by atoms with van der Waals surface area (Å²) in [5.74, 6) is 0.162. The number of hydrogen-bond donors (Lipinski definition) is 1. The van der Waals surface area contributed by atoms with Crippen LogP contribution in [0.1, 0.15) is 22.3 Å². The Kier molecular flexibility index (Phi) is 3.92. The number of carbonyl (C=O) groups excluding carboxylic acids is 2. The molecule has 0 saturated heterocycles. The van der Waals surface area contributed by atoms with E-state index in [0.717, 1.165) is 29.5 Å². The fourth-order valence-corrected chi connectivity index (χ4v) is 2.66. The van der Waals surface area contributed by atoms with E-state index >= 15 is 0 Å². The van der Waals surface area contributed by atoms with Crippen LogP contribution in [0.2, 0.25) is 0 Å². The molecule has 1 aliphatic heterocycles. The maximum Gasteiger partial charge on any atom is 0.339 e. The Balaban J connectivity index is 1.99. The Labute approximate surface area is 133 Å². The predicted octanol–water partition coefficient (Wildman–Crippen LogP) is 1.76. The van der Waals surface area contributed by atoms with Gasteiger partial charge in [0.05, 0.1) is 12.7 Å². The molecule has 0 spiro atoms. The quantitative estimate of drug-likeness (QED) is 0.852. The van der Waals surface area contributed by atoms with E-state index in [-0.39, 0.29) is 0 Å². The van der Waals surface area contributed by atoms with Gasteiger partial charge in [0.15, 0.2) is 0 Å². The van der Waals surface area contributed by atoms with Crippen molar-refractivity contribution in [3.05, 3.63) is 41.9 Å². The van der Waals surface area contributed by atoms with Crippen molar-refractivity contribution in [3.63, 3.8) is 0 Å². The molecule has 118 valence electrons. The summed E-state index contributed by atoms with van der Waals surface area (Å²) in [6, 6.07) is 3.16. The number of nitrogens with zero attached hydrogens (tertiary/aromatic N) is 3. The smallest absolute Gasteiger partial charge is 0.339 e. The lowest BCUT2D eigenvalue weighted by molar-refractivity contribution is 0.0600. The van der Waals surface area contributed by atoms with E-state index in [0.29, 0.717) is 17.9 Å². The van der Waals surface area contributed by atoms with Crippen LogP contribution in [0.4, 0.5) is 10.6 Å². The molecule has 3 heterocycles. The third kappa shape index (κ3) is 2.85. The van der Waals surface area contributed by atoms with Crippen molar-refractivity contribution >= 4 is 17.8 Å². The molecule has 0 fully saturated rings. The summed E-state index contributed by atoms with van der Waals surface area (Å²) >= 11 is 0. The first kappa shape index (κ1) is 15.0. The molecule has 0 atom stereocenters. The zero-order chi connectivity index (χ0) is 16.4. The van der Waals surface area contributed by atoms with Crippen molar-refractivity contribution in [1.82, 2.24) is 9.97 Å². The molecule has 1 aliphatic rings. The van der Waals surface area contributed by atoms with Crippen LogP contribution in [-0.4, -0.2) is 35.6 Å². The Morgan fingerprint density at radius 2 is 2.00 bits per heavy atom. The van der Waals surface area contributed by atoms with E-state index in [1.165, 1.54) is 18.2 Å². The largest absolute Gasteiger partial charge is 0.465 e. The fourth-order valence-electron chi connectivity index (χ4n) is 2.66. The number of aryl methyl sites for hydroxylation is 1. The van der Waals surface area contributed by atoms with E-state index in [1.54, 1.807) is 18.5 Å². The molecule has 2 amide bonds. The number of esters is 1. The van der Waals surface area contributed by atoms with Gasteiger partial charge in [-0.15, -0.1) is 0 Å². The van der Waals surface area contributed by atoms with Gasteiger partial charge in [-0.25, -0.2) is 14.6 Å². The number of carbonyl (C=O) groups is 2. The topological polar surface area (TPSA) is 98.4 Å². The fraction of sp³-hybridized carbons (Fsp3) is 0.250. The van der Waals surface area contributed by atoms with Crippen molar-refractivity contribution in [3.8, 4) is 11.1 Å². The lowest BCUT2D eigenvalue weighted by atomic mass is 10.0. The molecule has 23 heavy (non-hydrogen) atoms. The number of hydrogen-bond acceptors (Lipinski definition) is 5. The van der Waals surface area contributed by atoms with Gasteiger partial charge in [-0.1, -0.05) is 0 Å². The maximum absolute atomic E-state index is 11.6. The molecule has 2 N–H and O–H groups in total. The number of methoxy groups -OCH3 is 1. The minimum atomic E-state index is -0.499. The number of aromatic nitrogens is 2. The Morgan fingerprint density at radius 3 is 2.74 bits per heavy atom. The summed E-state index contributed by atoms with van der Waals surface area (Å²) in [6.07, 6.45) is 6.42. The Morgan fingerprint density at radius 1 is 1.22 bits per heavy atom. The summed E-state index contributed by atoms with van der Waals surface area (Å²) < 4.78 is 4.71. The van der Waals surface area contributed by atoms with Crippen molar-refractivity contribution < 1.29 is 14.3 Å². The highest BCUT2D eigenvalue weighted by Crippen LogP contribution is 2.29. The third-order valence-corrected chi connectivity index (χ3v) is 3.79. The maximum atomic E-state index is 11.6. The van der Waals surface area contributed by atoms with E-state index in [1.807, 2.05) is 6.07 Å². The van der Waals surface area contributed by atoms with Crippen LogP contribution in [0.5, 0.6) is 0 Å². The summed E-state index contributed by atoms with van der Waals surface area (Å²) in [6.45, 7) is 0.577. The van der Waals surface area contributed by atoms with Gasteiger partial charge < -0.3 is 10.5 Å². The molecule has 0 aromatic carbocycles. The number of ether oxygens (including phenoxy) is 1. The van der Waals surface area contributed by atoms with Gasteiger partial charge in [0.25, 0.3) is 0 Å². The number of nitrogens with two attached hydrogens (primary N) is 1. The Bertz CT molecular complexity index is 776.